The molecule has 0 spiro atoms. The number of benzene rings is 1. The second-order valence-electron chi connectivity index (χ2n) is 3.50. The SMILES string of the molecule is Cc1ccccc1.O=S(=O)(O)C(F)(F)F.O=S(=O)(O)C(F)(F)F.[Cu]. The molecule has 0 atom stereocenters. The second-order valence-corrected chi connectivity index (χ2v) is 6.32. The Morgan fingerprint density at radius 3 is 1.04 bits per heavy atom. The van der Waals surface area contributed by atoms with E-state index >= 15 is 0 Å². The minimum Gasteiger partial charge on any atom is -0.279 e. The van der Waals surface area contributed by atoms with Crippen LogP contribution in [0.5, 0.6) is 0 Å². The van der Waals surface area contributed by atoms with Crippen molar-refractivity contribution in [3.63, 3.8) is 0 Å². The molecule has 1 rings (SSSR count). The van der Waals surface area contributed by atoms with Crippen molar-refractivity contribution in [1.82, 2.24) is 0 Å². The Balaban J connectivity index is -0.000000270. The summed E-state index contributed by atoms with van der Waals surface area (Å²) in [6.07, 6.45) is 0. The van der Waals surface area contributed by atoms with E-state index in [9.17, 15) is 26.3 Å². The molecule has 6 nitrogen and oxygen atoms in total. The number of rotatable bonds is 0. The molecule has 0 aliphatic rings. The van der Waals surface area contributed by atoms with Crippen LogP contribution < -0.4 is 0 Å². The molecule has 2 N–H and O–H groups in total. The molecular formula is C9H10CuF6O6S2. The van der Waals surface area contributed by atoms with Crippen LogP contribution in [0.25, 0.3) is 0 Å². The Labute approximate surface area is 143 Å². The molecule has 0 fully saturated rings. The van der Waals surface area contributed by atoms with Crippen molar-refractivity contribution in [3.8, 4) is 0 Å². The van der Waals surface area contributed by atoms with Gasteiger partial charge in [0.2, 0.25) is 0 Å². The molecule has 0 aliphatic carbocycles. The molecule has 1 aromatic rings. The van der Waals surface area contributed by atoms with Crippen molar-refractivity contribution in [2.24, 2.45) is 0 Å². The Bertz CT molecular complexity index is 627. The van der Waals surface area contributed by atoms with Gasteiger partial charge in [-0.05, 0) is 6.92 Å². The van der Waals surface area contributed by atoms with Gasteiger partial charge in [0.1, 0.15) is 0 Å². The maximum atomic E-state index is 10.7. The Kier molecular flexibility index (Phi) is 11.9. The van der Waals surface area contributed by atoms with E-state index in [4.69, 9.17) is 25.9 Å². The molecule has 0 amide bonds. The van der Waals surface area contributed by atoms with Crippen molar-refractivity contribution in [2.75, 3.05) is 0 Å². The van der Waals surface area contributed by atoms with Crippen LogP contribution in [0.15, 0.2) is 30.3 Å². The number of hydrogen-bond acceptors (Lipinski definition) is 4. The maximum Gasteiger partial charge on any atom is 0.522 e. The summed E-state index contributed by atoms with van der Waals surface area (Å²) in [5.41, 5.74) is -9.75. The van der Waals surface area contributed by atoms with E-state index in [0.29, 0.717) is 0 Å². The van der Waals surface area contributed by atoms with Gasteiger partial charge in [-0.3, -0.25) is 9.11 Å². The Morgan fingerprint density at radius 1 is 0.750 bits per heavy atom. The largest absolute Gasteiger partial charge is 0.522 e. The first-order chi connectivity index (χ1) is 9.89. The van der Waals surface area contributed by atoms with Gasteiger partial charge < -0.3 is 0 Å². The summed E-state index contributed by atoms with van der Waals surface area (Å²) >= 11 is 0. The smallest absolute Gasteiger partial charge is 0.279 e. The molecule has 15 heteroatoms. The molecule has 1 radical (unpaired) electrons. The maximum absolute atomic E-state index is 10.7. The summed E-state index contributed by atoms with van der Waals surface area (Å²) < 4.78 is 115. The molecule has 0 heterocycles. The van der Waals surface area contributed by atoms with Gasteiger partial charge in [0.15, 0.2) is 0 Å². The van der Waals surface area contributed by atoms with E-state index in [1.165, 1.54) is 5.56 Å². The Hall–Kier alpha value is -0.861. The molecule has 147 valence electrons. The van der Waals surface area contributed by atoms with Gasteiger partial charge in [-0.15, -0.1) is 0 Å². The fourth-order valence-electron chi connectivity index (χ4n) is 0.534. The van der Waals surface area contributed by atoms with Gasteiger partial charge in [-0.25, -0.2) is 0 Å². The summed E-state index contributed by atoms with van der Waals surface area (Å²) in [4.78, 5) is 0. The normalized spacial score (nSPS) is 11.9. The average molecular weight is 456 g/mol. The quantitative estimate of drug-likeness (QED) is 0.269. The van der Waals surface area contributed by atoms with Crippen LogP contribution in [0.2, 0.25) is 0 Å². The molecule has 0 aromatic heterocycles. The van der Waals surface area contributed by atoms with Gasteiger partial charge >= 0.3 is 31.3 Å². The summed E-state index contributed by atoms with van der Waals surface area (Å²) in [7, 11) is -11.7. The first-order valence-corrected chi connectivity index (χ1v) is 7.86. The van der Waals surface area contributed by atoms with Crippen LogP contribution in [0.4, 0.5) is 26.3 Å². The summed E-state index contributed by atoms with van der Waals surface area (Å²) in [5.74, 6) is 0. The van der Waals surface area contributed by atoms with E-state index in [1.54, 1.807) is 0 Å². The van der Waals surface area contributed by atoms with Crippen molar-refractivity contribution in [1.29, 1.82) is 0 Å². The number of aryl methyl sites for hydroxylation is 1. The molecule has 24 heavy (non-hydrogen) atoms. The fraction of sp³-hybridized carbons (Fsp3) is 0.333. The first kappa shape index (κ1) is 28.0. The third-order valence-electron chi connectivity index (χ3n) is 1.53. The third kappa shape index (κ3) is 13.6. The molecular weight excluding hydrogens is 446 g/mol. The average Bonchev–Trinajstić information content (AvgIpc) is 2.25. The summed E-state index contributed by atoms with van der Waals surface area (Å²) in [6, 6.07) is 10.3. The number of halogens is 6. The van der Waals surface area contributed by atoms with Crippen LogP contribution in [0, 0.1) is 6.92 Å². The van der Waals surface area contributed by atoms with E-state index < -0.39 is 31.3 Å². The zero-order valence-electron chi connectivity index (χ0n) is 11.3. The molecule has 0 saturated heterocycles. The van der Waals surface area contributed by atoms with Gasteiger partial charge in [0, 0.05) is 17.1 Å². The molecule has 1 aromatic carbocycles. The van der Waals surface area contributed by atoms with Crippen LogP contribution in [0.1, 0.15) is 5.56 Å². The number of hydrogen-bond donors (Lipinski definition) is 2. The predicted molar refractivity (Wildman–Crippen MR) is 66.4 cm³/mol. The third-order valence-corrected chi connectivity index (χ3v) is 2.70. The molecule has 0 aliphatic heterocycles. The second kappa shape index (κ2) is 10.2. The van der Waals surface area contributed by atoms with E-state index in [-0.39, 0.29) is 17.1 Å². The first-order valence-electron chi connectivity index (χ1n) is 4.98. The van der Waals surface area contributed by atoms with Gasteiger partial charge in [-0.2, -0.15) is 43.2 Å². The van der Waals surface area contributed by atoms with Crippen LogP contribution in [-0.4, -0.2) is 37.0 Å². The van der Waals surface area contributed by atoms with E-state index in [1.807, 2.05) is 18.2 Å². The standard InChI is InChI=1S/C7H8.2CHF3O3S.Cu/c1-7-5-3-2-4-6-7;2*2-1(3,4)8(5,6)7;/h2-6H,1H3;2*(H,5,6,7);. The fourth-order valence-corrected chi connectivity index (χ4v) is 0.534. The van der Waals surface area contributed by atoms with Crippen LogP contribution in [-0.2, 0) is 37.3 Å². The van der Waals surface area contributed by atoms with Gasteiger partial charge in [0.05, 0.1) is 0 Å². The zero-order valence-corrected chi connectivity index (χ0v) is 13.9. The predicted octanol–water partition coefficient (Wildman–Crippen LogP) is 2.78. The van der Waals surface area contributed by atoms with Crippen molar-refractivity contribution >= 4 is 20.2 Å². The van der Waals surface area contributed by atoms with Crippen molar-refractivity contribution < 1.29 is 69.4 Å². The summed E-state index contributed by atoms with van der Waals surface area (Å²) in [6.45, 7) is 2.08. The van der Waals surface area contributed by atoms with Gasteiger partial charge in [0.25, 0.3) is 0 Å². The summed E-state index contributed by atoms with van der Waals surface area (Å²) in [5, 5.41) is 0. The van der Waals surface area contributed by atoms with Crippen molar-refractivity contribution in [3.05, 3.63) is 35.9 Å². The monoisotopic (exact) mass is 455 g/mol. The van der Waals surface area contributed by atoms with E-state index in [2.05, 4.69) is 19.1 Å². The van der Waals surface area contributed by atoms with Crippen LogP contribution in [0.3, 0.4) is 0 Å². The minimum atomic E-state index is -5.84. The topological polar surface area (TPSA) is 109 Å². The van der Waals surface area contributed by atoms with E-state index in [0.717, 1.165) is 0 Å². The molecule has 0 bridgehead atoms. The Morgan fingerprint density at radius 2 is 0.958 bits per heavy atom. The molecule has 0 saturated carbocycles. The van der Waals surface area contributed by atoms with Crippen molar-refractivity contribution in [2.45, 2.75) is 17.9 Å². The number of alkyl halides is 6. The zero-order chi connectivity index (χ0) is 19.1. The molecule has 0 unspecified atom stereocenters. The minimum absolute atomic E-state index is 0. The van der Waals surface area contributed by atoms with Gasteiger partial charge in [-0.1, -0.05) is 35.9 Å². The van der Waals surface area contributed by atoms with Crippen LogP contribution >= 0.6 is 0 Å².